The summed E-state index contributed by atoms with van der Waals surface area (Å²) < 4.78 is 1.88. The Morgan fingerprint density at radius 3 is 2.88 bits per heavy atom. The third-order valence-electron chi connectivity index (χ3n) is 2.80. The predicted octanol–water partition coefficient (Wildman–Crippen LogP) is 2.81. The molecule has 0 aliphatic carbocycles. The molecule has 0 bridgehead atoms. The fourth-order valence-electron chi connectivity index (χ4n) is 2.02. The number of carbonyl (C=O) groups excluding carboxylic acids is 1. The molecule has 0 aliphatic heterocycles. The molecule has 17 heavy (non-hydrogen) atoms. The van der Waals surface area contributed by atoms with Crippen LogP contribution in [0.15, 0.2) is 55.0 Å². The molecule has 0 atom stereocenters. The largest absolute Gasteiger partial charge is 0.314 e. The van der Waals surface area contributed by atoms with E-state index in [1.807, 2.05) is 47.0 Å². The summed E-state index contributed by atoms with van der Waals surface area (Å²) in [6, 6.07) is 11.7. The molecule has 0 unspecified atom stereocenters. The first-order chi connectivity index (χ1) is 8.40. The Morgan fingerprint density at radius 2 is 2.12 bits per heavy atom. The summed E-state index contributed by atoms with van der Waals surface area (Å²) in [5, 5.41) is 0. The topological polar surface area (TPSA) is 34.4 Å². The van der Waals surface area contributed by atoms with Crippen LogP contribution >= 0.6 is 0 Å². The SMILES string of the molecule is O=Cc1c(-c2cccnc2)cc2ccccn12. The minimum Gasteiger partial charge on any atom is -0.314 e. The fraction of sp³-hybridized carbons (Fsp3) is 0. The lowest BCUT2D eigenvalue weighted by Crippen LogP contribution is -1.91. The zero-order valence-corrected chi connectivity index (χ0v) is 9.08. The summed E-state index contributed by atoms with van der Waals surface area (Å²) in [7, 11) is 0. The number of pyridine rings is 2. The van der Waals surface area contributed by atoms with Crippen LogP contribution in [0.5, 0.6) is 0 Å². The number of rotatable bonds is 2. The molecule has 0 aromatic carbocycles. The van der Waals surface area contributed by atoms with Crippen molar-refractivity contribution < 1.29 is 4.79 Å². The molecule has 3 rings (SSSR count). The average molecular weight is 222 g/mol. The Bertz CT molecular complexity index is 671. The van der Waals surface area contributed by atoms with E-state index in [1.54, 1.807) is 12.4 Å². The molecule has 0 saturated heterocycles. The molecule has 0 aliphatic rings. The molecule has 0 saturated carbocycles. The Kier molecular flexibility index (Phi) is 2.22. The Balaban J connectivity index is 2.33. The van der Waals surface area contributed by atoms with Gasteiger partial charge in [0.15, 0.2) is 6.29 Å². The van der Waals surface area contributed by atoms with Crippen LogP contribution in [0.1, 0.15) is 10.5 Å². The highest BCUT2D eigenvalue weighted by Crippen LogP contribution is 2.25. The molecule has 3 heterocycles. The van der Waals surface area contributed by atoms with E-state index in [4.69, 9.17) is 0 Å². The number of hydrogen-bond donors (Lipinski definition) is 0. The average Bonchev–Trinajstić information content (AvgIpc) is 2.78. The molecule has 0 amide bonds. The Morgan fingerprint density at radius 1 is 1.18 bits per heavy atom. The normalized spacial score (nSPS) is 10.6. The van der Waals surface area contributed by atoms with Gasteiger partial charge in [-0.25, -0.2) is 0 Å². The first-order valence-electron chi connectivity index (χ1n) is 5.36. The maximum atomic E-state index is 11.2. The predicted molar refractivity (Wildman–Crippen MR) is 66.0 cm³/mol. The van der Waals surface area contributed by atoms with Crippen molar-refractivity contribution in [2.24, 2.45) is 0 Å². The highest BCUT2D eigenvalue weighted by atomic mass is 16.1. The maximum Gasteiger partial charge on any atom is 0.167 e. The standard InChI is InChI=1S/C14H10N2O/c17-10-14-13(11-4-3-6-15-9-11)8-12-5-1-2-7-16(12)14/h1-10H. The van der Waals surface area contributed by atoms with Crippen molar-refractivity contribution in [3.05, 3.63) is 60.7 Å². The number of nitrogens with zero attached hydrogens (tertiary/aromatic N) is 2. The third kappa shape index (κ3) is 1.52. The second-order valence-electron chi connectivity index (χ2n) is 3.80. The first kappa shape index (κ1) is 9.78. The van der Waals surface area contributed by atoms with Gasteiger partial charge in [-0.3, -0.25) is 9.78 Å². The lowest BCUT2D eigenvalue weighted by molar-refractivity contribution is 0.111. The van der Waals surface area contributed by atoms with Crippen LogP contribution < -0.4 is 0 Å². The Hall–Kier alpha value is -2.42. The molecule has 3 heteroatoms. The van der Waals surface area contributed by atoms with Crippen LogP contribution in [-0.2, 0) is 0 Å². The summed E-state index contributed by atoms with van der Waals surface area (Å²) in [6.07, 6.45) is 6.26. The van der Waals surface area contributed by atoms with E-state index in [0.29, 0.717) is 5.69 Å². The van der Waals surface area contributed by atoms with Crippen molar-refractivity contribution in [2.45, 2.75) is 0 Å². The van der Waals surface area contributed by atoms with Crippen LogP contribution in [0.3, 0.4) is 0 Å². The van der Waals surface area contributed by atoms with Gasteiger partial charge in [-0.15, -0.1) is 0 Å². The number of hydrogen-bond acceptors (Lipinski definition) is 2. The number of carbonyl (C=O) groups is 1. The second kappa shape index (κ2) is 3.87. The summed E-state index contributed by atoms with van der Waals surface area (Å²) >= 11 is 0. The van der Waals surface area contributed by atoms with Crippen molar-refractivity contribution in [1.82, 2.24) is 9.38 Å². The molecular formula is C14H10N2O. The van der Waals surface area contributed by atoms with Crippen LogP contribution in [0, 0.1) is 0 Å². The van der Waals surface area contributed by atoms with Gasteiger partial charge in [0, 0.05) is 35.2 Å². The van der Waals surface area contributed by atoms with Crippen LogP contribution in [-0.4, -0.2) is 15.7 Å². The number of aromatic nitrogens is 2. The lowest BCUT2D eigenvalue weighted by atomic mass is 10.1. The van der Waals surface area contributed by atoms with Gasteiger partial charge in [0.05, 0.1) is 5.69 Å². The maximum absolute atomic E-state index is 11.2. The molecule has 3 nitrogen and oxygen atoms in total. The van der Waals surface area contributed by atoms with Gasteiger partial charge in [-0.2, -0.15) is 0 Å². The van der Waals surface area contributed by atoms with Gasteiger partial charge in [0.2, 0.25) is 0 Å². The monoisotopic (exact) mass is 222 g/mol. The van der Waals surface area contributed by atoms with Gasteiger partial charge < -0.3 is 4.40 Å². The van der Waals surface area contributed by atoms with E-state index in [0.717, 1.165) is 22.9 Å². The Labute approximate surface area is 98.4 Å². The molecule has 0 radical (unpaired) electrons. The minimum atomic E-state index is 0.661. The second-order valence-corrected chi connectivity index (χ2v) is 3.80. The van der Waals surface area contributed by atoms with Gasteiger partial charge >= 0.3 is 0 Å². The van der Waals surface area contributed by atoms with Crippen LogP contribution in [0.4, 0.5) is 0 Å². The highest BCUT2D eigenvalue weighted by molar-refractivity contribution is 5.89. The van der Waals surface area contributed by atoms with E-state index in [2.05, 4.69) is 4.98 Å². The smallest absolute Gasteiger partial charge is 0.167 e. The third-order valence-corrected chi connectivity index (χ3v) is 2.80. The van der Waals surface area contributed by atoms with E-state index >= 15 is 0 Å². The van der Waals surface area contributed by atoms with Crippen molar-refractivity contribution in [2.75, 3.05) is 0 Å². The molecule has 82 valence electrons. The summed E-state index contributed by atoms with van der Waals surface area (Å²) in [6.45, 7) is 0. The van der Waals surface area contributed by atoms with Crippen molar-refractivity contribution >= 4 is 11.8 Å². The van der Waals surface area contributed by atoms with Crippen molar-refractivity contribution in [3.8, 4) is 11.1 Å². The van der Waals surface area contributed by atoms with E-state index < -0.39 is 0 Å². The molecule has 3 aromatic heterocycles. The van der Waals surface area contributed by atoms with Gasteiger partial charge in [0.25, 0.3) is 0 Å². The summed E-state index contributed by atoms with van der Waals surface area (Å²) in [5.41, 5.74) is 3.54. The first-order valence-corrected chi connectivity index (χ1v) is 5.36. The quantitative estimate of drug-likeness (QED) is 0.625. The van der Waals surface area contributed by atoms with E-state index in [1.165, 1.54) is 0 Å². The molecule has 0 fully saturated rings. The van der Waals surface area contributed by atoms with Crippen LogP contribution in [0.25, 0.3) is 16.6 Å². The lowest BCUT2D eigenvalue weighted by Gasteiger charge is -1.99. The zero-order valence-electron chi connectivity index (χ0n) is 9.08. The van der Waals surface area contributed by atoms with Crippen molar-refractivity contribution in [1.29, 1.82) is 0 Å². The summed E-state index contributed by atoms with van der Waals surface area (Å²) in [4.78, 5) is 15.3. The molecule has 0 N–H and O–H groups in total. The molecule has 3 aromatic rings. The molecular weight excluding hydrogens is 212 g/mol. The van der Waals surface area contributed by atoms with E-state index in [9.17, 15) is 4.79 Å². The van der Waals surface area contributed by atoms with Crippen molar-refractivity contribution in [3.63, 3.8) is 0 Å². The van der Waals surface area contributed by atoms with Gasteiger partial charge in [-0.1, -0.05) is 12.1 Å². The van der Waals surface area contributed by atoms with Gasteiger partial charge in [-0.05, 0) is 24.3 Å². The zero-order chi connectivity index (χ0) is 11.7. The minimum absolute atomic E-state index is 0.661. The molecule has 0 spiro atoms. The summed E-state index contributed by atoms with van der Waals surface area (Å²) in [5.74, 6) is 0. The fourth-order valence-corrected chi connectivity index (χ4v) is 2.02. The highest BCUT2D eigenvalue weighted by Gasteiger charge is 2.10. The van der Waals surface area contributed by atoms with Gasteiger partial charge in [0.1, 0.15) is 0 Å². The number of fused-ring (bicyclic) bond motifs is 1. The number of aldehydes is 1. The van der Waals surface area contributed by atoms with E-state index in [-0.39, 0.29) is 0 Å². The van der Waals surface area contributed by atoms with Crippen LogP contribution in [0.2, 0.25) is 0 Å².